The molecule has 1 saturated heterocycles. The van der Waals surface area contributed by atoms with E-state index >= 15 is 0 Å². The number of ether oxygens (including phenoxy) is 1. The standard InChI is InChI=1S/C21H30N4O2/c1-14(2)10-16-17-11-21(4,5)27-13-19(17)23-18(12-22)20(16)25-8-6-24(7-9-25)15(3)26/h14H,6-11,13H2,1-5H3. The third kappa shape index (κ3) is 4.08. The van der Waals surface area contributed by atoms with Crippen LogP contribution in [-0.4, -0.2) is 47.6 Å². The molecule has 0 spiro atoms. The predicted molar refractivity (Wildman–Crippen MR) is 105 cm³/mol. The fourth-order valence-electron chi connectivity index (χ4n) is 4.08. The highest BCUT2D eigenvalue weighted by atomic mass is 16.5. The quantitative estimate of drug-likeness (QED) is 0.818. The first-order chi connectivity index (χ1) is 12.7. The third-order valence-corrected chi connectivity index (χ3v) is 5.43. The Hall–Kier alpha value is -2.13. The molecule has 27 heavy (non-hydrogen) atoms. The number of carbonyl (C=O) groups excluding carboxylic acids is 1. The number of fused-ring (bicyclic) bond motifs is 1. The lowest BCUT2D eigenvalue weighted by Crippen LogP contribution is -2.49. The first-order valence-corrected chi connectivity index (χ1v) is 9.81. The summed E-state index contributed by atoms with van der Waals surface area (Å²) in [5.74, 6) is 0.589. The maximum Gasteiger partial charge on any atom is 0.219 e. The minimum atomic E-state index is -0.223. The van der Waals surface area contributed by atoms with Gasteiger partial charge in [0.25, 0.3) is 0 Å². The predicted octanol–water partition coefficient (Wildman–Crippen LogP) is 2.67. The maximum atomic E-state index is 11.7. The van der Waals surface area contributed by atoms with Crippen molar-refractivity contribution in [3.8, 4) is 6.07 Å². The van der Waals surface area contributed by atoms with E-state index < -0.39 is 0 Å². The molecule has 2 aliphatic rings. The van der Waals surface area contributed by atoms with Gasteiger partial charge in [0.15, 0.2) is 5.69 Å². The molecule has 1 amide bonds. The molecule has 6 heteroatoms. The number of pyridine rings is 1. The zero-order chi connectivity index (χ0) is 19.8. The van der Waals surface area contributed by atoms with Crippen LogP contribution in [0, 0.1) is 17.2 Å². The van der Waals surface area contributed by atoms with Crippen LogP contribution in [0.5, 0.6) is 0 Å². The monoisotopic (exact) mass is 370 g/mol. The van der Waals surface area contributed by atoms with Crippen LogP contribution in [0.2, 0.25) is 0 Å². The Morgan fingerprint density at radius 1 is 1.30 bits per heavy atom. The fraction of sp³-hybridized carbons (Fsp3) is 0.667. The summed E-state index contributed by atoms with van der Waals surface area (Å²) in [6.07, 6.45) is 1.72. The van der Waals surface area contributed by atoms with Crippen molar-refractivity contribution in [2.45, 2.75) is 59.7 Å². The van der Waals surface area contributed by atoms with Gasteiger partial charge >= 0.3 is 0 Å². The number of nitriles is 1. The van der Waals surface area contributed by atoms with E-state index in [9.17, 15) is 10.1 Å². The van der Waals surface area contributed by atoms with Gasteiger partial charge in [-0.15, -0.1) is 0 Å². The van der Waals surface area contributed by atoms with Crippen LogP contribution < -0.4 is 4.90 Å². The van der Waals surface area contributed by atoms with E-state index in [1.165, 1.54) is 11.1 Å². The van der Waals surface area contributed by atoms with Crippen LogP contribution >= 0.6 is 0 Å². The van der Waals surface area contributed by atoms with Crippen molar-refractivity contribution in [3.05, 3.63) is 22.5 Å². The summed E-state index contributed by atoms with van der Waals surface area (Å²) in [5.41, 5.74) is 4.66. The summed E-state index contributed by atoms with van der Waals surface area (Å²) in [6.45, 7) is 13.6. The van der Waals surface area contributed by atoms with Crippen molar-refractivity contribution in [3.63, 3.8) is 0 Å². The first-order valence-electron chi connectivity index (χ1n) is 9.81. The summed E-state index contributed by atoms with van der Waals surface area (Å²) in [7, 11) is 0. The van der Waals surface area contributed by atoms with Gasteiger partial charge in [-0.05, 0) is 37.3 Å². The van der Waals surface area contributed by atoms with Gasteiger partial charge in [-0.1, -0.05) is 13.8 Å². The first kappa shape index (κ1) is 19.6. The van der Waals surface area contributed by atoms with Crippen molar-refractivity contribution in [1.29, 1.82) is 5.26 Å². The second kappa shape index (κ2) is 7.47. The largest absolute Gasteiger partial charge is 0.369 e. The van der Waals surface area contributed by atoms with Gasteiger partial charge in [0, 0.05) is 39.5 Å². The van der Waals surface area contributed by atoms with Gasteiger partial charge < -0.3 is 14.5 Å². The molecule has 0 N–H and O–H groups in total. The fourth-order valence-corrected chi connectivity index (χ4v) is 4.08. The van der Waals surface area contributed by atoms with Gasteiger partial charge in [0.05, 0.1) is 23.6 Å². The molecule has 0 radical (unpaired) electrons. The van der Waals surface area contributed by atoms with Gasteiger partial charge in [-0.25, -0.2) is 4.98 Å². The van der Waals surface area contributed by atoms with Crippen molar-refractivity contribution in [2.75, 3.05) is 31.1 Å². The van der Waals surface area contributed by atoms with E-state index in [0.717, 1.165) is 37.3 Å². The van der Waals surface area contributed by atoms with Gasteiger partial charge in [-0.3, -0.25) is 4.79 Å². The highest BCUT2D eigenvalue weighted by molar-refractivity contribution is 5.74. The molecule has 0 saturated carbocycles. The Morgan fingerprint density at radius 3 is 2.52 bits per heavy atom. The smallest absolute Gasteiger partial charge is 0.219 e. The van der Waals surface area contributed by atoms with Crippen molar-refractivity contribution < 1.29 is 9.53 Å². The molecule has 1 aromatic heterocycles. The normalized spacial score (nSPS) is 19.0. The SMILES string of the molecule is CC(=O)N1CCN(c2c(C#N)nc3c(c2CC(C)C)CC(C)(C)OC3)CC1. The second-order valence-electron chi connectivity index (χ2n) is 8.64. The number of piperazine rings is 1. The Morgan fingerprint density at radius 2 is 1.96 bits per heavy atom. The molecule has 0 bridgehead atoms. The van der Waals surface area contributed by atoms with E-state index in [2.05, 4.69) is 43.6 Å². The lowest BCUT2D eigenvalue weighted by atomic mass is 9.86. The van der Waals surface area contributed by atoms with Crippen molar-refractivity contribution in [1.82, 2.24) is 9.88 Å². The molecule has 0 aliphatic carbocycles. The Labute approximate surface area is 162 Å². The molecule has 6 nitrogen and oxygen atoms in total. The van der Waals surface area contributed by atoms with E-state index in [1.54, 1.807) is 6.92 Å². The van der Waals surface area contributed by atoms with Crippen LogP contribution in [0.25, 0.3) is 0 Å². The zero-order valence-corrected chi connectivity index (χ0v) is 17.1. The molecule has 0 atom stereocenters. The lowest BCUT2D eigenvalue weighted by molar-refractivity contribution is -0.129. The number of rotatable bonds is 3. The molecule has 146 valence electrons. The number of amides is 1. The number of aromatic nitrogens is 1. The van der Waals surface area contributed by atoms with Gasteiger partial charge in [-0.2, -0.15) is 5.26 Å². The van der Waals surface area contributed by atoms with E-state index in [-0.39, 0.29) is 11.5 Å². The van der Waals surface area contributed by atoms with Crippen LogP contribution in [0.15, 0.2) is 0 Å². The lowest BCUT2D eigenvalue weighted by Gasteiger charge is -2.39. The average molecular weight is 370 g/mol. The topological polar surface area (TPSA) is 69.5 Å². The summed E-state index contributed by atoms with van der Waals surface area (Å²) in [4.78, 5) is 20.5. The molecule has 3 heterocycles. The highest BCUT2D eigenvalue weighted by Gasteiger charge is 2.33. The maximum absolute atomic E-state index is 11.7. The summed E-state index contributed by atoms with van der Waals surface area (Å²) < 4.78 is 5.95. The van der Waals surface area contributed by atoms with Crippen molar-refractivity contribution in [2.24, 2.45) is 5.92 Å². The summed E-state index contributed by atoms with van der Waals surface area (Å²) in [6, 6.07) is 2.32. The molecule has 0 aromatic carbocycles. The average Bonchev–Trinajstić information content (AvgIpc) is 2.61. The zero-order valence-electron chi connectivity index (χ0n) is 17.1. The summed E-state index contributed by atoms with van der Waals surface area (Å²) >= 11 is 0. The third-order valence-electron chi connectivity index (χ3n) is 5.43. The minimum Gasteiger partial charge on any atom is -0.369 e. The number of carbonyl (C=O) groups is 1. The number of anilines is 1. The van der Waals surface area contributed by atoms with Crippen LogP contribution in [-0.2, 0) is 29.0 Å². The van der Waals surface area contributed by atoms with Gasteiger partial charge in [0.1, 0.15) is 6.07 Å². The molecular weight excluding hydrogens is 340 g/mol. The Kier molecular flexibility index (Phi) is 5.43. The van der Waals surface area contributed by atoms with Gasteiger partial charge in [0.2, 0.25) is 5.91 Å². The Bertz CT molecular complexity index is 771. The number of hydrogen-bond donors (Lipinski definition) is 0. The van der Waals surface area contributed by atoms with Crippen LogP contribution in [0.4, 0.5) is 5.69 Å². The van der Waals surface area contributed by atoms with E-state index in [0.29, 0.717) is 31.3 Å². The second-order valence-corrected chi connectivity index (χ2v) is 8.64. The molecule has 0 unspecified atom stereocenters. The van der Waals surface area contributed by atoms with Crippen molar-refractivity contribution >= 4 is 11.6 Å². The van der Waals surface area contributed by atoms with E-state index in [1.807, 2.05) is 4.90 Å². The van der Waals surface area contributed by atoms with E-state index in [4.69, 9.17) is 4.74 Å². The summed E-state index contributed by atoms with van der Waals surface area (Å²) in [5, 5.41) is 9.81. The number of nitrogens with zero attached hydrogens (tertiary/aromatic N) is 4. The Balaban J connectivity index is 2.06. The molecule has 1 fully saturated rings. The molecule has 3 rings (SSSR count). The molecule has 1 aromatic rings. The molecular formula is C21H30N4O2. The highest BCUT2D eigenvalue weighted by Crippen LogP contribution is 2.37. The van der Waals surface area contributed by atoms with Crippen LogP contribution in [0.1, 0.15) is 57.1 Å². The number of hydrogen-bond acceptors (Lipinski definition) is 5. The minimum absolute atomic E-state index is 0.111. The van der Waals surface area contributed by atoms with Crippen LogP contribution in [0.3, 0.4) is 0 Å². The molecule has 2 aliphatic heterocycles.